The first-order valence-corrected chi connectivity index (χ1v) is 9.45. The molecule has 0 aliphatic carbocycles. The number of benzene rings is 2. The second-order valence-electron chi connectivity index (χ2n) is 7.24. The summed E-state index contributed by atoms with van der Waals surface area (Å²) < 4.78 is 0. The molecule has 1 atom stereocenters. The molecular weight excluding hydrogens is 358 g/mol. The fourth-order valence-corrected chi connectivity index (χ4v) is 3.66. The van der Waals surface area contributed by atoms with Gasteiger partial charge in [-0.2, -0.15) is 0 Å². The lowest BCUT2D eigenvalue weighted by molar-refractivity contribution is -0.384. The quantitative estimate of drug-likeness (QED) is 0.589. The summed E-state index contributed by atoms with van der Waals surface area (Å²) in [6.45, 7) is 3.31. The van der Waals surface area contributed by atoms with Gasteiger partial charge in [0.1, 0.15) is 11.7 Å². The highest BCUT2D eigenvalue weighted by atomic mass is 16.6. The topological polar surface area (TPSA) is 95.7 Å². The molecule has 7 heteroatoms. The number of amides is 1. The number of aliphatic hydroxyl groups is 1. The van der Waals surface area contributed by atoms with E-state index in [4.69, 9.17) is 0 Å². The number of aliphatic hydroxyl groups excluding tert-OH is 1. The number of aryl methyl sites for hydroxylation is 1. The zero-order valence-electron chi connectivity index (χ0n) is 15.9. The zero-order valence-corrected chi connectivity index (χ0v) is 15.9. The van der Waals surface area contributed by atoms with Crippen LogP contribution in [0.5, 0.6) is 0 Å². The summed E-state index contributed by atoms with van der Waals surface area (Å²) >= 11 is 0. The third kappa shape index (κ3) is 4.55. The largest absolute Gasteiger partial charge is 0.396 e. The van der Waals surface area contributed by atoms with Gasteiger partial charge in [-0.3, -0.25) is 19.8 Å². The van der Waals surface area contributed by atoms with Gasteiger partial charge in [0.2, 0.25) is 5.91 Å². The lowest BCUT2D eigenvalue weighted by Crippen LogP contribution is -2.42. The summed E-state index contributed by atoms with van der Waals surface area (Å²) in [5.41, 5.74) is 1.69. The van der Waals surface area contributed by atoms with Crippen LogP contribution in [0.4, 0.5) is 11.4 Å². The van der Waals surface area contributed by atoms with Crippen molar-refractivity contribution < 1.29 is 14.8 Å². The number of hydrogen-bond donors (Lipinski definition) is 2. The minimum Gasteiger partial charge on any atom is -0.396 e. The fourth-order valence-electron chi connectivity index (χ4n) is 3.66. The standard InChI is InChI=1S/C21H25N3O4/c1-15-7-8-18(19(13-15)24(27)28)22-21(26)20(17-5-3-2-4-6-17)23-11-9-16(14-25)10-12-23/h2-8,13,16,20,25H,9-12,14H2,1H3,(H,22,26)/t20-/m1/s1. The van der Waals surface area contributed by atoms with Gasteiger partial charge < -0.3 is 10.4 Å². The van der Waals surface area contributed by atoms with Crippen molar-refractivity contribution in [2.24, 2.45) is 5.92 Å². The number of anilines is 1. The van der Waals surface area contributed by atoms with Crippen LogP contribution >= 0.6 is 0 Å². The van der Waals surface area contributed by atoms with Gasteiger partial charge in [0, 0.05) is 12.7 Å². The molecule has 1 aliphatic rings. The molecule has 148 valence electrons. The summed E-state index contributed by atoms with van der Waals surface area (Å²) in [5.74, 6) is -0.0328. The molecule has 1 fully saturated rings. The molecule has 0 spiro atoms. The predicted molar refractivity (Wildman–Crippen MR) is 107 cm³/mol. The second kappa shape index (κ2) is 8.95. The molecule has 3 rings (SSSR count). The Labute approximate surface area is 164 Å². The van der Waals surface area contributed by atoms with Gasteiger partial charge in [-0.15, -0.1) is 0 Å². The number of piperidine rings is 1. The molecule has 0 saturated carbocycles. The molecule has 1 heterocycles. The number of likely N-dealkylation sites (tertiary alicyclic amines) is 1. The Morgan fingerprint density at radius 3 is 2.54 bits per heavy atom. The van der Waals surface area contributed by atoms with Gasteiger partial charge in [-0.05, 0) is 56.0 Å². The lowest BCUT2D eigenvalue weighted by atomic mass is 9.94. The second-order valence-corrected chi connectivity index (χ2v) is 7.24. The van der Waals surface area contributed by atoms with E-state index in [0.717, 1.165) is 24.0 Å². The minimum absolute atomic E-state index is 0.112. The number of nitrogens with zero attached hydrogens (tertiary/aromatic N) is 2. The van der Waals surface area contributed by atoms with Crippen molar-refractivity contribution in [2.75, 3.05) is 25.0 Å². The molecule has 0 radical (unpaired) electrons. The zero-order chi connectivity index (χ0) is 20.1. The molecule has 0 bridgehead atoms. The van der Waals surface area contributed by atoms with Crippen LogP contribution in [0.1, 0.15) is 30.0 Å². The van der Waals surface area contributed by atoms with E-state index < -0.39 is 11.0 Å². The third-order valence-corrected chi connectivity index (χ3v) is 5.24. The van der Waals surface area contributed by atoms with Gasteiger partial charge in [-0.25, -0.2) is 0 Å². The van der Waals surface area contributed by atoms with E-state index in [1.54, 1.807) is 19.1 Å². The average Bonchev–Trinajstić information content (AvgIpc) is 2.70. The molecule has 0 unspecified atom stereocenters. The number of rotatable bonds is 6. The maximum Gasteiger partial charge on any atom is 0.293 e. The van der Waals surface area contributed by atoms with Crippen LogP contribution in [0, 0.1) is 23.0 Å². The summed E-state index contributed by atoms with van der Waals surface area (Å²) in [5, 5.41) is 23.5. The van der Waals surface area contributed by atoms with E-state index in [1.165, 1.54) is 6.07 Å². The van der Waals surface area contributed by atoms with Crippen LogP contribution in [0.25, 0.3) is 0 Å². The van der Waals surface area contributed by atoms with E-state index in [1.807, 2.05) is 30.3 Å². The van der Waals surface area contributed by atoms with E-state index >= 15 is 0 Å². The van der Waals surface area contributed by atoms with Gasteiger partial charge in [0.15, 0.2) is 0 Å². The van der Waals surface area contributed by atoms with E-state index in [9.17, 15) is 20.0 Å². The van der Waals surface area contributed by atoms with Crippen LogP contribution in [0.3, 0.4) is 0 Å². The monoisotopic (exact) mass is 383 g/mol. The average molecular weight is 383 g/mol. The molecule has 1 amide bonds. The SMILES string of the molecule is Cc1ccc(NC(=O)[C@@H](c2ccccc2)N2CCC(CO)CC2)c([N+](=O)[O-])c1. The van der Waals surface area contributed by atoms with Crippen molar-refractivity contribution in [3.8, 4) is 0 Å². The minimum atomic E-state index is -0.540. The smallest absolute Gasteiger partial charge is 0.293 e. The molecule has 2 aromatic rings. The van der Waals surface area contributed by atoms with Crippen molar-refractivity contribution in [1.82, 2.24) is 4.90 Å². The number of hydrogen-bond acceptors (Lipinski definition) is 5. The predicted octanol–water partition coefficient (Wildman–Crippen LogP) is 3.29. The highest BCUT2D eigenvalue weighted by Gasteiger charge is 2.32. The van der Waals surface area contributed by atoms with Crippen LogP contribution < -0.4 is 5.32 Å². The Kier molecular flexibility index (Phi) is 6.38. The number of nitro benzene ring substituents is 1. The van der Waals surface area contributed by atoms with Crippen LogP contribution in [0.15, 0.2) is 48.5 Å². The third-order valence-electron chi connectivity index (χ3n) is 5.24. The van der Waals surface area contributed by atoms with E-state index in [-0.39, 0.29) is 29.8 Å². The highest BCUT2D eigenvalue weighted by Crippen LogP contribution is 2.30. The number of nitro groups is 1. The summed E-state index contributed by atoms with van der Waals surface area (Å²) in [6.07, 6.45) is 1.63. The van der Waals surface area contributed by atoms with Crippen LogP contribution in [-0.4, -0.2) is 40.5 Å². The maximum absolute atomic E-state index is 13.2. The summed E-state index contributed by atoms with van der Waals surface area (Å²) in [4.78, 5) is 26.2. The summed E-state index contributed by atoms with van der Waals surface area (Å²) in [6, 6.07) is 13.7. The number of nitrogens with one attached hydrogen (secondary N) is 1. The Hall–Kier alpha value is -2.77. The number of carbonyl (C=O) groups excluding carboxylic acids is 1. The van der Waals surface area contributed by atoms with E-state index in [0.29, 0.717) is 13.1 Å². The Bertz CT molecular complexity index is 833. The fraction of sp³-hybridized carbons (Fsp3) is 0.381. The van der Waals surface area contributed by atoms with Crippen molar-refractivity contribution >= 4 is 17.3 Å². The van der Waals surface area contributed by atoms with Gasteiger partial charge in [0.25, 0.3) is 5.69 Å². The van der Waals surface area contributed by atoms with Crippen molar-refractivity contribution in [1.29, 1.82) is 0 Å². The van der Waals surface area contributed by atoms with Gasteiger partial charge in [0.05, 0.1) is 4.92 Å². The van der Waals surface area contributed by atoms with Crippen molar-refractivity contribution in [3.05, 3.63) is 69.8 Å². The van der Waals surface area contributed by atoms with Gasteiger partial charge in [-0.1, -0.05) is 36.4 Å². The van der Waals surface area contributed by atoms with Crippen molar-refractivity contribution in [2.45, 2.75) is 25.8 Å². The van der Waals surface area contributed by atoms with Gasteiger partial charge >= 0.3 is 0 Å². The van der Waals surface area contributed by atoms with Crippen LogP contribution in [0.2, 0.25) is 0 Å². The first-order chi connectivity index (χ1) is 13.5. The molecular formula is C21H25N3O4. The molecule has 7 nitrogen and oxygen atoms in total. The van der Waals surface area contributed by atoms with Crippen molar-refractivity contribution in [3.63, 3.8) is 0 Å². The first-order valence-electron chi connectivity index (χ1n) is 9.45. The Morgan fingerprint density at radius 1 is 1.25 bits per heavy atom. The van der Waals surface area contributed by atoms with Crippen LogP contribution in [-0.2, 0) is 4.79 Å². The first kappa shape index (κ1) is 20.0. The van der Waals surface area contributed by atoms with E-state index in [2.05, 4.69) is 10.2 Å². The Morgan fingerprint density at radius 2 is 1.93 bits per heavy atom. The normalized spacial score (nSPS) is 16.5. The molecule has 1 aliphatic heterocycles. The molecule has 0 aromatic heterocycles. The molecule has 2 aromatic carbocycles. The molecule has 1 saturated heterocycles. The Balaban J connectivity index is 1.87. The number of carbonyl (C=O) groups is 1. The lowest BCUT2D eigenvalue weighted by Gasteiger charge is -2.36. The molecule has 28 heavy (non-hydrogen) atoms. The molecule has 2 N–H and O–H groups in total. The summed E-state index contributed by atoms with van der Waals surface area (Å²) in [7, 11) is 0. The maximum atomic E-state index is 13.2. The highest BCUT2D eigenvalue weighted by molar-refractivity contribution is 5.97.